The average molecular weight is 511 g/mol. The summed E-state index contributed by atoms with van der Waals surface area (Å²) in [5, 5.41) is 2.94. The van der Waals surface area contributed by atoms with Gasteiger partial charge in [-0.3, -0.25) is 14.2 Å². The standard InChI is InChI=1S/C28H25F3N2O2S/c1-19-25(33(27(35)36-19)24-15-13-23(14-16-24)28(29,30)31)21-11-7-12-22(18-21)26(34)32-17-6-5-10-20-8-3-2-4-9-20/h2-4,7-9,11-16,18H,5-6,10,17H2,1H3,(H,32,34). The van der Waals surface area contributed by atoms with E-state index in [2.05, 4.69) is 17.4 Å². The van der Waals surface area contributed by atoms with Gasteiger partial charge in [0.05, 0.1) is 16.9 Å². The first-order valence-corrected chi connectivity index (χ1v) is 12.4. The van der Waals surface area contributed by atoms with Crippen LogP contribution in [0, 0.1) is 6.92 Å². The van der Waals surface area contributed by atoms with Crippen molar-refractivity contribution >= 4 is 17.2 Å². The molecule has 186 valence electrons. The zero-order valence-corrected chi connectivity index (χ0v) is 20.5. The summed E-state index contributed by atoms with van der Waals surface area (Å²) >= 11 is 1.01. The van der Waals surface area contributed by atoms with Gasteiger partial charge in [0.15, 0.2) is 0 Å². The molecule has 0 aliphatic carbocycles. The largest absolute Gasteiger partial charge is 0.416 e. The van der Waals surface area contributed by atoms with Crippen LogP contribution < -0.4 is 10.2 Å². The second-order valence-electron chi connectivity index (χ2n) is 8.43. The summed E-state index contributed by atoms with van der Waals surface area (Å²) in [4.78, 5) is 25.9. The highest BCUT2D eigenvalue weighted by atomic mass is 32.1. The Hall–Kier alpha value is -3.65. The number of carbonyl (C=O) groups excluding carboxylic acids is 1. The molecule has 8 heteroatoms. The molecule has 4 aromatic rings. The predicted octanol–water partition coefficient (Wildman–Crippen LogP) is 6.65. The molecule has 0 aliphatic heterocycles. The molecule has 0 bridgehead atoms. The first-order valence-electron chi connectivity index (χ1n) is 11.6. The number of benzene rings is 3. The first-order chi connectivity index (χ1) is 17.2. The number of rotatable bonds is 8. The Bertz CT molecular complexity index is 1390. The van der Waals surface area contributed by atoms with Crippen molar-refractivity contribution in [3.05, 3.63) is 110 Å². The molecule has 0 saturated carbocycles. The second kappa shape index (κ2) is 11.0. The molecule has 4 rings (SSSR count). The fraction of sp³-hybridized carbons (Fsp3) is 0.214. The van der Waals surface area contributed by atoms with Gasteiger partial charge in [0.1, 0.15) is 0 Å². The Balaban J connectivity index is 1.49. The number of hydrogen-bond donors (Lipinski definition) is 1. The monoisotopic (exact) mass is 510 g/mol. The topological polar surface area (TPSA) is 51.1 Å². The number of nitrogens with one attached hydrogen (secondary N) is 1. The number of aromatic nitrogens is 1. The highest BCUT2D eigenvalue weighted by molar-refractivity contribution is 7.09. The summed E-state index contributed by atoms with van der Waals surface area (Å²) in [6.07, 6.45) is -1.71. The van der Waals surface area contributed by atoms with Crippen molar-refractivity contribution in [3.8, 4) is 16.9 Å². The van der Waals surface area contributed by atoms with Gasteiger partial charge in [-0.05, 0) is 68.1 Å². The molecule has 1 aromatic heterocycles. The lowest BCUT2D eigenvalue weighted by Crippen LogP contribution is -2.24. The van der Waals surface area contributed by atoms with Gasteiger partial charge in [-0.2, -0.15) is 13.2 Å². The first kappa shape index (κ1) is 25.4. The van der Waals surface area contributed by atoms with Crippen LogP contribution in [0.4, 0.5) is 13.2 Å². The predicted molar refractivity (Wildman–Crippen MR) is 137 cm³/mol. The third kappa shape index (κ3) is 5.94. The molecule has 0 saturated heterocycles. The maximum Gasteiger partial charge on any atom is 0.416 e. The molecule has 1 amide bonds. The van der Waals surface area contributed by atoms with Crippen LogP contribution in [-0.2, 0) is 12.6 Å². The van der Waals surface area contributed by atoms with Crippen molar-refractivity contribution in [1.29, 1.82) is 0 Å². The summed E-state index contributed by atoms with van der Waals surface area (Å²) in [6, 6.07) is 21.6. The highest BCUT2D eigenvalue weighted by Gasteiger charge is 2.30. The minimum absolute atomic E-state index is 0.215. The number of alkyl halides is 3. The van der Waals surface area contributed by atoms with E-state index in [4.69, 9.17) is 0 Å². The van der Waals surface area contributed by atoms with Crippen LogP contribution >= 0.6 is 11.3 Å². The van der Waals surface area contributed by atoms with Crippen LogP contribution in [0.3, 0.4) is 0 Å². The molecule has 36 heavy (non-hydrogen) atoms. The zero-order chi connectivity index (χ0) is 25.7. The summed E-state index contributed by atoms with van der Waals surface area (Å²) in [5.41, 5.74) is 2.47. The molecule has 0 unspecified atom stereocenters. The molecule has 4 nitrogen and oxygen atoms in total. The zero-order valence-electron chi connectivity index (χ0n) is 19.6. The van der Waals surface area contributed by atoms with E-state index in [9.17, 15) is 22.8 Å². The van der Waals surface area contributed by atoms with Crippen molar-refractivity contribution in [1.82, 2.24) is 9.88 Å². The maximum atomic E-state index is 13.0. The molecule has 0 radical (unpaired) electrons. The van der Waals surface area contributed by atoms with Crippen molar-refractivity contribution in [2.45, 2.75) is 32.4 Å². The van der Waals surface area contributed by atoms with E-state index in [0.29, 0.717) is 33.9 Å². The second-order valence-corrected chi connectivity index (χ2v) is 9.60. The van der Waals surface area contributed by atoms with Gasteiger partial charge in [-0.15, -0.1) is 0 Å². The average Bonchev–Trinajstić information content (AvgIpc) is 3.17. The molecular formula is C28H25F3N2O2S. The van der Waals surface area contributed by atoms with Crippen LogP contribution in [0.5, 0.6) is 0 Å². The van der Waals surface area contributed by atoms with Crippen LogP contribution in [0.2, 0.25) is 0 Å². The molecule has 0 spiro atoms. The minimum atomic E-state index is -4.46. The van der Waals surface area contributed by atoms with E-state index in [0.717, 1.165) is 42.7 Å². The molecule has 0 atom stereocenters. The molecular weight excluding hydrogens is 485 g/mol. The van der Waals surface area contributed by atoms with Gasteiger partial charge in [0, 0.05) is 22.5 Å². The molecule has 1 N–H and O–H groups in total. The van der Waals surface area contributed by atoms with Crippen molar-refractivity contribution in [3.63, 3.8) is 0 Å². The number of thiazole rings is 1. The van der Waals surface area contributed by atoms with Crippen molar-refractivity contribution in [2.75, 3.05) is 6.54 Å². The number of nitrogens with zero attached hydrogens (tertiary/aromatic N) is 1. The van der Waals surface area contributed by atoms with Crippen LogP contribution in [0.25, 0.3) is 16.9 Å². The van der Waals surface area contributed by atoms with Gasteiger partial charge in [0.2, 0.25) is 0 Å². The lowest BCUT2D eigenvalue weighted by molar-refractivity contribution is -0.137. The van der Waals surface area contributed by atoms with Gasteiger partial charge >= 0.3 is 11.0 Å². The number of amides is 1. The normalized spacial score (nSPS) is 11.4. The number of unbranched alkanes of at least 4 members (excludes halogenated alkanes) is 1. The van der Waals surface area contributed by atoms with Crippen LogP contribution in [0.1, 0.15) is 39.2 Å². The van der Waals surface area contributed by atoms with Crippen LogP contribution in [0.15, 0.2) is 83.7 Å². The lowest BCUT2D eigenvalue weighted by atomic mass is 10.1. The fourth-order valence-electron chi connectivity index (χ4n) is 4.05. The van der Waals surface area contributed by atoms with Gasteiger partial charge in [-0.25, -0.2) is 0 Å². The number of aryl methyl sites for hydroxylation is 2. The third-order valence-corrected chi connectivity index (χ3v) is 6.71. The Kier molecular flexibility index (Phi) is 7.74. The molecule has 0 aliphatic rings. The Morgan fingerprint density at radius 2 is 1.67 bits per heavy atom. The Labute approximate surface area is 211 Å². The quantitative estimate of drug-likeness (QED) is 0.270. The van der Waals surface area contributed by atoms with Crippen molar-refractivity contribution in [2.24, 2.45) is 0 Å². The summed E-state index contributed by atoms with van der Waals surface area (Å²) in [5.74, 6) is -0.215. The third-order valence-electron chi connectivity index (χ3n) is 5.85. The van der Waals surface area contributed by atoms with Gasteiger partial charge in [-0.1, -0.05) is 53.8 Å². The number of halogens is 3. The SMILES string of the molecule is Cc1sc(=O)n(-c2ccc(C(F)(F)F)cc2)c1-c1cccc(C(=O)NCCCCc2ccccc2)c1. The molecule has 3 aromatic carbocycles. The fourth-order valence-corrected chi connectivity index (χ4v) is 4.91. The van der Waals surface area contributed by atoms with Crippen molar-refractivity contribution < 1.29 is 18.0 Å². The highest BCUT2D eigenvalue weighted by Crippen LogP contribution is 2.32. The van der Waals surface area contributed by atoms with E-state index >= 15 is 0 Å². The number of hydrogen-bond acceptors (Lipinski definition) is 3. The van der Waals surface area contributed by atoms with E-state index < -0.39 is 11.7 Å². The maximum absolute atomic E-state index is 13.0. The summed E-state index contributed by atoms with van der Waals surface area (Å²) in [7, 11) is 0. The van der Waals surface area contributed by atoms with Gasteiger partial charge < -0.3 is 5.32 Å². The van der Waals surface area contributed by atoms with E-state index in [1.807, 2.05) is 18.2 Å². The Morgan fingerprint density at radius 3 is 2.36 bits per heavy atom. The smallest absolute Gasteiger partial charge is 0.352 e. The van der Waals surface area contributed by atoms with E-state index in [-0.39, 0.29) is 10.8 Å². The molecule has 0 fully saturated rings. The molecule has 1 heterocycles. The summed E-state index contributed by atoms with van der Waals surface area (Å²) in [6.45, 7) is 2.32. The van der Waals surface area contributed by atoms with E-state index in [1.165, 1.54) is 22.3 Å². The van der Waals surface area contributed by atoms with Gasteiger partial charge in [0.25, 0.3) is 5.91 Å². The van der Waals surface area contributed by atoms with E-state index in [1.54, 1.807) is 31.2 Å². The Morgan fingerprint density at radius 1 is 0.944 bits per heavy atom. The summed E-state index contributed by atoms with van der Waals surface area (Å²) < 4.78 is 40.3. The minimum Gasteiger partial charge on any atom is -0.352 e. The number of carbonyl (C=O) groups is 1. The lowest BCUT2D eigenvalue weighted by Gasteiger charge is -2.12. The van der Waals surface area contributed by atoms with Crippen LogP contribution in [-0.4, -0.2) is 17.0 Å².